The summed E-state index contributed by atoms with van der Waals surface area (Å²) in [7, 11) is 0. The lowest BCUT2D eigenvalue weighted by Gasteiger charge is -2.27. The Morgan fingerprint density at radius 3 is 2.82 bits per heavy atom. The molecule has 9 nitrogen and oxygen atoms in total. The van der Waals surface area contributed by atoms with Gasteiger partial charge in [-0.2, -0.15) is 5.10 Å². The molecule has 1 aliphatic rings. The number of nitrogens with zero attached hydrogens (tertiary/aromatic N) is 3. The fraction of sp³-hybridized carbons (Fsp3) is 0.421. The number of aromatic nitrogens is 2. The van der Waals surface area contributed by atoms with Crippen LogP contribution in [-0.4, -0.2) is 44.9 Å². The van der Waals surface area contributed by atoms with E-state index in [9.17, 15) is 19.7 Å². The molecule has 0 bridgehead atoms. The highest BCUT2D eigenvalue weighted by atomic mass is 16.6. The van der Waals surface area contributed by atoms with Crippen LogP contribution in [0.1, 0.15) is 41.2 Å². The number of fused-ring (bicyclic) bond motifs is 1. The van der Waals surface area contributed by atoms with Gasteiger partial charge in [0, 0.05) is 48.9 Å². The number of nitro groups is 1. The Bertz CT molecular complexity index is 905. The first-order valence-corrected chi connectivity index (χ1v) is 9.21. The van der Waals surface area contributed by atoms with Crippen molar-refractivity contribution in [2.45, 2.75) is 33.2 Å². The van der Waals surface area contributed by atoms with Gasteiger partial charge >= 0.3 is 0 Å². The predicted molar refractivity (Wildman–Crippen MR) is 102 cm³/mol. The first-order chi connectivity index (χ1) is 13.4. The third kappa shape index (κ3) is 4.19. The SMILES string of the molecule is CC(C)CNC(=O)c1n[nH]c2c1CN(C(=O)Cc1ccccc1[N+](=O)[O-])CC2. The van der Waals surface area contributed by atoms with Gasteiger partial charge in [-0.1, -0.05) is 32.0 Å². The number of nitrogens with one attached hydrogen (secondary N) is 2. The summed E-state index contributed by atoms with van der Waals surface area (Å²) in [5.74, 6) is -0.160. The fourth-order valence-electron chi connectivity index (χ4n) is 3.19. The molecule has 148 valence electrons. The Kier molecular flexibility index (Phi) is 5.72. The molecular weight excluding hydrogens is 362 g/mol. The molecule has 3 rings (SSSR count). The average Bonchev–Trinajstić information content (AvgIpc) is 3.09. The van der Waals surface area contributed by atoms with E-state index in [0.29, 0.717) is 42.2 Å². The van der Waals surface area contributed by atoms with E-state index in [4.69, 9.17) is 0 Å². The first-order valence-electron chi connectivity index (χ1n) is 9.21. The Hall–Kier alpha value is -3.23. The second-order valence-corrected chi connectivity index (χ2v) is 7.26. The maximum atomic E-state index is 12.7. The lowest BCUT2D eigenvalue weighted by Crippen LogP contribution is -2.38. The number of nitro benzene ring substituents is 1. The molecule has 2 heterocycles. The normalized spacial score (nSPS) is 13.3. The number of amides is 2. The Labute approximate surface area is 162 Å². The molecule has 0 fully saturated rings. The fourth-order valence-corrected chi connectivity index (χ4v) is 3.19. The summed E-state index contributed by atoms with van der Waals surface area (Å²) >= 11 is 0. The van der Waals surface area contributed by atoms with Crippen molar-refractivity contribution in [1.82, 2.24) is 20.4 Å². The van der Waals surface area contributed by atoms with E-state index in [0.717, 1.165) is 5.69 Å². The van der Waals surface area contributed by atoms with Crippen molar-refractivity contribution in [2.75, 3.05) is 13.1 Å². The highest BCUT2D eigenvalue weighted by Crippen LogP contribution is 2.23. The van der Waals surface area contributed by atoms with Gasteiger partial charge in [0.25, 0.3) is 11.6 Å². The van der Waals surface area contributed by atoms with E-state index in [1.165, 1.54) is 6.07 Å². The highest BCUT2D eigenvalue weighted by molar-refractivity contribution is 5.94. The lowest BCUT2D eigenvalue weighted by atomic mass is 10.0. The van der Waals surface area contributed by atoms with E-state index in [-0.39, 0.29) is 30.5 Å². The summed E-state index contributed by atoms with van der Waals surface area (Å²) in [6.07, 6.45) is 0.502. The van der Waals surface area contributed by atoms with Crippen molar-refractivity contribution in [2.24, 2.45) is 5.92 Å². The number of carbonyl (C=O) groups is 2. The van der Waals surface area contributed by atoms with Crippen LogP contribution < -0.4 is 5.32 Å². The van der Waals surface area contributed by atoms with Crippen molar-refractivity contribution in [3.05, 3.63) is 56.9 Å². The summed E-state index contributed by atoms with van der Waals surface area (Å²) in [6.45, 7) is 5.28. The molecular formula is C19H23N5O4. The van der Waals surface area contributed by atoms with Crippen LogP contribution in [0.25, 0.3) is 0 Å². The number of para-hydroxylation sites is 1. The topological polar surface area (TPSA) is 121 Å². The number of rotatable bonds is 6. The van der Waals surface area contributed by atoms with Gasteiger partial charge in [0.1, 0.15) is 0 Å². The number of hydrogen-bond donors (Lipinski definition) is 2. The molecule has 0 spiro atoms. The van der Waals surface area contributed by atoms with Crippen LogP contribution in [0.4, 0.5) is 5.69 Å². The minimum absolute atomic E-state index is 0.0563. The number of carbonyl (C=O) groups excluding carboxylic acids is 2. The van der Waals surface area contributed by atoms with Crippen LogP contribution in [0, 0.1) is 16.0 Å². The van der Waals surface area contributed by atoms with Crippen molar-refractivity contribution in [3.8, 4) is 0 Å². The molecule has 9 heteroatoms. The molecule has 0 radical (unpaired) electrons. The largest absolute Gasteiger partial charge is 0.350 e. The van der Waals surface area contributed by atoms with E-state index in [1.54, 1.807) is 23.1 Å². The molecule has 2 N–H and O–H groups in total. The molecule has 2 amide bonds. The van der Waals surface area contributed by atoms with E-state index in [1.807, 2.05) is 13.8 Å². The predicted octanol–water partition coefficient (Wildman–Crippen LogP) is 1.83. The molecule has 0 atom stereocenters. The van der Waals surface area contributed by atoms with Gasteiger partial charge in [0.05, 0.1) is 11.3 Å². The molecule has 1 aromatic heterocycles. The van der Waals surface area contributed by atoms with Crippen LogP contribution in [0.15, 0.2) is 24.3 Å². The van der Waals surface area contributed by atoms with Crippen LogP contribution in [0.3, 0.4) is 0 Å². The van der Waals surface area contributed by atoms with Gasteiger partial charge in [-0.25, -0.2) is 0 Å². The van der Waals surface area contributed by atoms with Gasteiger partial charge in [-0.15, -0.1) is 0 Å². The molecule has 0 saturated heterocycles. The third-order valence-electron chi connectivity index (χ3n) is 4.70. The summed E-state index contributed by atoms with van der Waals surface area (Å²) in [5, 5.41) is 21.0. The second kappa shape index (κ2) is 8.20. The standard InChI is InChI=1S/C19H23N5O4/c1-12(2)10-20-19(26)18-14-11-23(8-7-15(14)21-22-18)17(25)9-13-5-3-4-6-16(13)24(27)28/h3-6,12H,7-11H2,1-2H3,(H,20,26)(H,21,22). The van der Waals surface area contributed by atoms with Crippen molar-refractivity contribution in [3.63, 3.8) is 0 Å². The zero-order valence-electron chi connectivity index (χ0n) is 15.9. The van der Waals surface area contributed by atoms with E-state index in [2.05, 4.69) is 15.5 Å². The van der Waals surface area contributed by atoms with Gasteiger partial charge in [-0.05, 0) is 5.92 Å². The molecule has 0 aliphatic carbocycles. The summed E-state index contributed by atoms with van der Waals surface area (Å²) < 4.78 is 0. The maximum absolute atomic E-state index is 12.7. The van der Waals surface area contributed by atoms with E-state index < -0.39 is 4.92 Å². The Morgan fingerprint density at radius 2 is 2.11 bits per heavy atom. The third-order valence-corrected chi connectivity index (χ3v) is 4.70. The zero-order chi connectivity index (χ0) is 20.3. The average molecular weight is 385 g/mol. The van der Waals surface area contributed by atoms with E-state index >= 15 is 0 Å². The van der Waals surface area contributed by atoms with Crippen LogP contribution in [0.5, 0.6) is 0 Å². The first kappa shape index (κ1) is 19.5. The molecule has 0 unspecified atom stereocenters. The Balaban J connectivity index is 1.73. The van der Waals surface area contributed by atoms with Gasteiger partial charge in [0.15, 0.2) is 5.69 Å². The monoisotopic (exact) mass is 385 g/mol. The maximum Gasteiger partial charge on any atom is 0.273 e. The summed E-state index contributed by atoms with van der Waals surface area (Å²) in [6, 6.07) is 6.24. The smallest absolute Gasteiger partial charge is 0.273 e. The van der Waals surface area contributed by atoms with Gasteiger partial charge in [0.2, 0.25) is 5.91 Å². The van der Waals surface area contributed by atoms with Crippen molar-refractivity contribution >= 4 is 17.5 Å². The molecule has 2 aromatic rings. The van der Waals surface area contributed by atoms with Crippen LogP contribution in [0.2, 0.25) is 0 Å². The molecule has 1 aliphatic heterocycles. The minimum Gasteiger partial charge on any atom is -0.350 e. The zero-order valence-corrected chi connectivity index (χ0v) is 15.9. The summed E-state index contributed by atoms with van der Waals surface area (Å²) in [5.41, 5.74) is 2.18. The van der Waals surface area contributed by atoms with Crippen molar-refractivity contribution in [1.29, 1.82) is 0 Å². The Morgan fingerprint density at radius 1 is 1.36 bits per heavy atom. The number of H-pyrrole nitrogens is 1. The second-order valence-electron chi connectivity index (χ2n) is 7.26. The molecule has 28 heavy (non-hydrogen) atoms. The minimum atomic E-state index is -0.482. The van der Waals surface area contributed by atoms with Crippen molar-refractivity contribution < 1.29 is 14.5 Å². The highest BCUT2D eigenvalue weighted by Gasteiger charge is 2.28. The number of hydrogen-bond acceptors (Lipinski definition) is 5. The molecule has 1 aromatic carbocycles. The van der Waals surface area contributed by atoms with Gasteiger partial charge in [-0.3, -0.25) is 24.8 Å². The lowest BCUT2D eigenvalue weighted by molar-refractivity contribution is -0.385. The van der Waals surface area contributed by atoms with Gasteiger partial charge < -0.3 is 10.2 Å². The van der Waals surface area contributed by atoms with Crippen LogP contribution >= 0.6 is 0 Å². The molecule has 0 saturated carbocycles. The number of aromatic amines is 1. The quantitative estimate of drug-likeness (QED) is 0.580. The summed E-state index contributed by atoms with van der Waals surface area (Å²) in [4.78, 5) is 37.4. The number of benzene rings is 1. The van der Waals surface area contributed by atoms with Crippen LogP contribution in [-0.2, 0) is 24.2 Å².